The second-order valence-electron chi connectivity index (χ2n) is 4.81. The molecule has 0 aliphatic rings. The lowest BCUT2D eigenvalue weighted by Gasteiger charge is -2.07. The Morgan fingerprint density at radius 3 is 2.33 bits per heavy atom. The van der Waals surface area contributed by atoms with Gasteiger partial charge < -0.3 is 19.0 Å². The molecule has 0 bridgehead atoms. The first-order valence-corrected chi connectivity index (χ1v) is 7.22. The van der Waals surface area contributed by atoms with Crippen molar-refractivity contribution in [1.29, 1.82) is 0 Å². The minimum atomic E-state index is -0.367. The number of ether oxygens (including phenoxy) is 3. The first-order chi connectivity index (χ1) is 11.7. The summed E-state index contributed by atoms with van der Waals surface area (Å²) in [5.41, 5.74) is 2.22. The minimum absolute atomic E-state index is 0.297. The Kier molecular flexibility index (Phi) is 6.19. The van der Waals surface area contributed by atoms with Crippen molar-refractivity contribution in [1.82, 2.24) is 0 Å². The Labute approximate surface area is 140 Å². The molecule has 2 aromatic rings. The molecule has 0 aliphatic carbocycles. The number of esters is 1. The van der Waals surface area contributed by atoms with Crippen molar-refractivity contribution in [3.05, 3.63) is 59.2 Å². The van der Waals surface area contributed by atoms with E-state index in [4.69, 9.17) is 14.3 Å². The van der Waals surface area contributed by atoms with Gasteiger partial charge in [0.2, 0.25) is 0 Å². The van der Waals surface area contributed by atoms with E-state index < -0.39 is 0 Å². The van der Waals surface area contributed by atoms with Gasteiger partial charge in [0.05, 0.1) is 33.1 Å². The van der Waals surface area contributed by atoms with E-state index in [2.05, 4.69) is 9.89 Å². The molecule has 0 saturated carbocycles. The van der Waals surface area contributed by atoms with Crippen molar-refractivity contribution in [2.45, 2.75) is 6.61 Å². The van der Waals surface area contributed by atoms with Gasteiger partial charge in [0, 0.05) is 5.56 Å². The number of carbonyl (C=O) groups is 1. The van der Waals surface area contributed by atoms with E-state index in [0.29, 0.717) is 23.7 Å². The van der Waals surface area contributed by atoms with Crippen LogP contribution in [0.25, 0.3) is 0 Å². The number of methoxy groups -OCH3 is 3. The highest BCUT2D eigenvalue weighted by Crippen LogP contribution is 2.26. The van der Waals surface area contributed by atoms with Crippen molar-refractivity contribution >= 4 is 12.2 Å². The fourth-order valence-corrected chi connectivity index (χ4v) is 2.00. The summed E-state index contributed by atoms with van der Waals surface area (Å²) in [7, 11) is 4.51. The lowest BCUT2D eigenvalue weighted by molar-refractivity contribution is 0.0600. The Balaban J connectivity index is 1.91. The highest BCUT2D eigenvalue weighted by Gasteiger charge is 2.05. The summed E-state index contributed by atoms with van der Waals surface area (Å²) in [5.74, 6) is 0.912. The second-order valence-corrected chi connectivity index (χ2v) is 4.81. The van der Waals surface area contributed by atoms with Crippen LogP contribution in [0.1, 0.15) is 21.5 Å². The normalized spacial score (nSPS) is 10.5. The molecule has 2 rings (SSSR count). The van der Waals surface area contributed by atoms with Gasteiger partial charge in [-0.25, -0.2) is 4.79 Å². The number of nitrogens with zero attached hydrogens (tertiary/aromatic N) is 1. The zero-order chi connectivity index (χ0) is 17.4. The van der Waals surface area contributed by atoms with Crippen LogP contribution in [0.5, 0.6) is 11.5 Å². The van der Waals surface area contributed by atoms with Crippen molar-refractivity contribution in [3.8, 4) is 11.5 Å². The highest BCUT2D eigenvalue weighted by molar-refractivity contribution is 5.89. The van der Waals surface area contributed by atoms with E-state index in [-0.39, 0.29) is 5.97 Å². The third kappa shape index (κ3) is 4.49. The summed E-state index contributed by atoms with van der Waals surface area (Å²) in [6, 6.07) is 12.4. The van der Waals surface area contributed by atoms with Gasteiger partial charge in [-0.2, -0.15) is 0 Å². The summed E-state index contributed by atoms with van der Waals surface area (Å²) in [5, 5.41) is 3.93. The molecule has 0 saturated heterocycles. The van der Waals surface area contributed by atoms with E-state index in [0.717, 1.165) is 11.1 Å². The second kappa shape index (κ2) is 8.57. The van der Waals surface area contributed by atoms with Crippen molar-refractivity contribution in [2.75, 3.05) is 21.3 Å². The monoisotopic (exact) mass is 329 g/mol. The fourth-order valence-electron chi connectivity index (χ4n) is 2.00. The molecule has 0 amide bonds. The average molecular weight is 329 g/mol. The first kappa shape index (κ1) is 17.3. The maximum atomic E-state index is 11.3. The largest absolute Gasteiger partial charge is 0.493 e. The quantitative estimate of drug-likeness (QED) is 0.444. The van der Waals surface area contributed by atoms with Gasteiger partial charge in [-0.1, -0.05) is 17.3 Å². The molecule has 0 radical (unpaired) electrons. The Morgan fingerprint density at radius 1 is 1.00 bits per heavy atom. The Hall–Kier alpha value is -3.02. The maximum Gasteiger partial charge on any atom is 0.337 e. The predicted molar refractivity (Wildman–Crippen MR) is 89.7 cm³/mol. The van der Waals surface area contributed by atoms with Crippen molar-refractivity contribution < 1.29 is 23.8 Å². The van der Waals surface area contributed by atoms with Crippen LogP contribution in [-0.4, -0.2) is 33.5 Å². The average Bonchev–Trinajstić information content (AvgIpc) is 2.64. The smallest absolute Gasteiger partial charge is 0.337 e. The van der Waals surface area contributed by atoms with E-state index in [1.807, 2.05) is 6.07 Å². The van der Waals surface area contributed by atoms with Crippen molar-refractivity contribution in [3.63, 3.8) is 0 Å². The highest BCUT2D eigenvalue weighted by atomic mass is 16.6. The lowest BCUT2D eigenvalue weighted by Crippen LogP contribution is -2.01. The summed E-state index contributed by atoms with van der Waals surface area (Å²) in [6.07, 6.45) is 1.59. The number of oxime groups is 1. The molecule has 0 heterocycles. The zero-order valence-electron chi connectivity index (χ0n) is 13.8. The molecule has 0 aliphatic heterocycles. The third-order valence-corrected chi connectivity index (χ3v) is 3.29. The van der Waals surface area contributed by atoms with Gasteiger partial charge in [-0.3, -0.25) is 0 Å². The summed E-state index contributed by atoms with van der Waals surface area (Å²) in [4.78, 5) is 16.6. The van der Waals surface area contributed by atoms with Crippen LogP contribution in [0, 0.1) is 0 Å². The summed E-state index contributed by atoms with van der Waals surface area (Å²) >= 11 is 0. The van der Waals surface area contributed by atoms with Gasteiger partial charge in [-0.15, -0.1) is 0 Å². The molecule has 0 atom stereocenters. The fraction of sp³-hybridized carbons (Fsp3) is 0.222. The van der Waals surface area contributed by atoms with Crippen LogP contribution in [0.2, 0.25) is 0 Å². The number of benzene rings is 2. The molecule has 0 fully saturated rings. The first-order valence-electron chi connectivity index (χ1n) is 7.22. The van der Waals surface area contributed by atoms with Gasteiger partial charge in [-0.05, 0) is 35.9 Å². The van der Waals surface area contributed by atoms with E-state index in [1.165, 1.54) is 7.11 Å². The van der Waals surface area contributed by atoms with Crippen LogP contribution in [0.3, 0.4) is 0 Å². The SMILES string of the molecule is COC(=O)c1ccc(CO/N=C\c2ccc(OC)c(OC)c2)cc1. The molecule has 6 heteroatoms. The van der Waals surface area contributed by atoms with Crippen LogP contribution < -0.4 is 9.47 Å². The Bertz CT molecular complexity index is 710. The van der Waals surface area contributed by atoms with Crippen molar-refractivity contribution in [2.24, 2.45) is 5.16 Å². The summed E-state index contributed by atoms with van der Waals surface area (Å²) in [6.45, 7) is 0.297. The number of hydrogen-bond donors (Lipinski definition) is 0. The van der Waals surface area contributed by atoms with E-state index >= 15 is 0 Å². The molecular formula is C18H19NO5. The molecule has 0 spiro atoms. The maximum absolute atomic E-state index is 11.3. The summed E-state index contributed by atoms with van der Waals surface area (Å²) < 4.78 is 15.0. The minimum Gasteiger partial charge on any atom is -0.493 e. The molecule has 2 aromatic carbocycles. The standard InChI is InChI=1S/C18H19NO5/c1-21-16-9-6-14(10-17(16)22-2)11-19-24-12-13-4-7-15(8-5-13)18(20)23-3/h4-11H,12H2,1-3H3/b19-11-. The van der Waals surface area contributed by atoms with Gasteiger partial charge in [0.1, 0.15) is 6.61 Å². The van der Waals surface area contributed by atoms with Crippen LogP contribution in [-0.2, 0) is 16.2 Å². The topological polar surface area (TPSA) is 66.4 Å². The van der Waals surface area contributed by atoms with Gasteiger partial charge in [0.25, 0.3) is 0 Å². The molecule has 24 heavy (non-hydrogen) atoms. The molecule has 0 unspecified atom stereocenters. The number of hydrogen-bond acceptors (Lipinski definition) is 6. The lowest BCUT2D eigenvalue weighted by atomic mass is 10.1. The number of rotatable bonds is 7. The molecule has 126 valence electrons. The third-order valence-electron chi connectivity index (χ3n) is 3.29. The zero-order valence-corrected chi connectivity index (χ0v) is 13.8. The Morgan fingerprint density at radius 2 is 1.71 bits per heavy atom. The molecule has 6 nitrogen and oxygen atoms in total. The predicted octanol–water partition coefficient (Wildman–Crippen LogP) is 3.04. The molecule has 0 aromatic heterocycles. The van der Waals surface area contributed by atoms with Crippen LogP contribution in [0.15, 0.2) is 47.6 Å². The van der Waals surface area contributed by atoms with Gasteiger partial charge >= 0.3 is 5.97 Å². The van der Waals surface area contributed by atoms with Gasteiger partial charge in [0.15, 0.2) is 11.5 Å². The van der Waals surface area contributed by atoms with Crippen LogP contribution >= 0.6 is 0 Å². The number of carbonyl (C=O) groups excluding carboxylic acids is 1. The van der Waals surface area contributed by atoms with E-state index in [1.54, 1.807) is 56.8 Å². The van der Waals surface area contributed by atoms with E-state index in [9.17, 15) is 4.79 Å². The van der Waals surface area contributed by atoms with Crippen LogP contribution in [0.4, 0.5) is 0 Å². The molecule has 0 N–H and O–H groups in total. The molecular weight excluding hydrogens is 310 g/mol.